The number of rotatable bonds is 7. The smallest absolute Gasteiger partial charge is 0.187 e. The maximum Gasteiger partial charge on any atom is 0.187 e. The van der Waals surface area contributed by atoms with Crippen LogP contribution in [0.25, 0.3) is 0 Å². The van der Waals surface area contributed by atoms with Crippen LogP contribution in [0, 0.1) is 17.3 Å². The number of hydrogen-bond donors (Lipinski definition) is 6. The van der Waals surface area contributed by atoms with Gasteiger partial charge in [0.05, 0.1) is 19.8 Å². The summed E-state index contributed by atoms with van der Waals surface area (Å²) in [5, 5.41) is 59.6. The Labute approximate surface area is 181 Å². The summed E-state index contributed by atoms with van der Waals surface area (Å²) in [7, 11) is 0. The van der Waals surface area contributed by atoms with Crippen LogP contribution in [-0.2, 0) is 18.9 Å². The van der Waals surface area contributed by atoms with Crippen LogP contribution < -0.4 is 0 Å². The van der Waals surface area contributed by atoms with E-state index in [9.17, 15) is 25.5 Å². The normalized spacial score (nSPS) is 48.9. The molecule has 2 aliphatic carbocycles. The number of aliphatic hydroxyl groups excluding tert-OH is 6. The van der Waals surface area contributed by atoms with Gasteiger partial charge in [0, 0.05) is 0 Å². The van der Waals surface area contributed by atoms with Gasteiger partial charge in [0.25, 0.3) is 0 Å². The lowest BCUT2D eigenvalue weighted by Gasteiger charge is -2.40. The summed E-state index contributed by atoms with van der Waals surface area (Å²) < 4.78 is 22.0. The quantitative estimate of drug-likeness (QED) is 0.248. The lowest BCUT2D eigenvalue weighted by molar-refractivity contribution is -0.308. The first-order valence-electron chi connectivity index (χ1n) is 10.9. The Morgan fingerprint density at radius 2 is 1.48 bits per heavy atom. The molecule has 0 aromatic rings. The van der Waals surface area contributed by atoms with Gasteiger partial charge in [-0.1, -0.05) is 19.9 Å². The molecular formula is C21H34O10. The molecule has 4 rings (SSSR count). The van der Waals surface area contributed by atoms with E-state index in [0.29, 0.717) is 17.3 Å². The first-order valence-corrected chi connectivity index (χ1v) is 10.9. The van der Waals surface area contributed by atoms with Gasteiger partial charge in [-0.2, -0.15) is 0 Å². The summed E-state index contributed by atoms with van der Waals surface area (Å²) in [6, 6.07) is 0. The van der Waals surface area contributed by atoms with E-state index in [0.717, 1.165) is 18.4 Å². The van der Waals surface area contributed by atoms with Crippen molar-refractivity contribution in [2.45, 2.75) is 82.0 Å². The average Bonchev–Trinajstić information content (AvgIpc) is 3.19. The minimum absolute atomic E-state index is 0.256. The van der Waals surface area contributed by atoms with Crippen molar-refractivity contribution >= 4 is 0 Å². The molecule has 6 N–H and O–H groups in total. The second-order valence-corrected chi connectivity index (χ2v) is 9.70. The lowest BCUT2D eigenvalue weighted by Crippen LogP contribution is -2.59. The van der Waals surface area contributed by atoms with Gasteiger partial charge in [-0.25, -0.2) is 0 Å². The molecule has 0 aromatic heterocycles. The van der Waals surface area contributed by atoms with Crippen LogP contribution in [-0.4, -0.2) is 106 Å². The van der Waals surface area contributed by atoms with Gasteiger partial charge in [0.1, 0.15) is 42.7 Å². The van der Waals surface area contributed by atoms with Crippen LogP contribution in [0.15, 0.2) is 11.6 Å². The highest BCUT2D eigenvalue weighted by Crippen LogP contribution is 2.64. The number of fused-ring (bicyclic) bond motifs is 1. The monoisotopic (exact) mass is 446 g/mol. The summed E-state index contributed by atoms with van der Waals surface area (Å²) in [6.45, 7) is 4.01. The summed E-state index contributed by atoms with van der Waals surface area (Å²) >= 11 is 0. The summed E-state index contributed by atoms with van der Waals surface area (Å²) in [5.41, 5.74) is 1.47. The van der Waals surface area contributed by atoms with Crippen molar-refractivity contribution in [3.63, 3.8) is 0 Å². The second kappa shape index (κ2) is 8.94. The van der Waals surface area contributed by atoms with E-state index in [2.05, 4.69) is 19.9 Å². The van der Waals surface area contributed by atoms with Crippen LogP contribution in [0.5, 0.6) is 0 Å². The molecule has 4 aliphatic rings. The molecule has 10 nitrogen and oxygen atoms in total. The molecule has 10 heteroatoms. The molecular weight excluding hydrogens is 412 g/mol. The Bertz CT molecular complexity index is 669. The van der Waals surface area contributed by atoms with E-state index in [1.807, 2.05) is 0 Å². The van der Waals surface area contributed by atoms with Gasteiger partial charge in [-0.05, 0) is 35.7 Å². The fraction of sp³-hybridized carbons (Fsp3) is 0.905. The third-order valence-electron chi connectivity index (χ3n) is 7.46. The van der Waals surface area contributed by atoms with Gasteiger partial charge in [0.2, 0.25) is 0 Å². The van der Waals surface area contributed by atoms with Gasteiger partial charge in [-0.3, -0.25) is 0 Å². The molecule has 1 saturated carbocycles. The third-order valence-corrected chi connectivity index (χ3v) is 7.46. The lowest BCUT2D eigenvalue weighted by atomic mass is 9.98. The van der Waals surface area contributed by atoms with Crippen LogP contribution in [0.3, 0.4) is 0 Å². The van der Waals surface area contributed by atoms with Crippen molar-refractivity contribution in [1.29, 1.82) is 0 Å². The SMILES string of the molecule is CC1(C)C2CC(CO[C@@H]3O[C@H](CO[C@H]4O[C@@H](CO)[C@@H](O)[C@@H]4O)[C@@H](O)[C@H](O)[C@H]3O)=CC[C@H]21. The predicted octanol–water partition coefficient (Wildman–Crippen LogP) is -1.74. The second-order valence-electron chi connectivity index (χ2n) is 9.70. The first kappa shape index (κ1) is 23.5. The van der Waals surface area contributed by atoms with Crippen molar-refractivity contribution in [3.05, 3.63) is 11.6 Å². The molecule has 1 unspecified atom stereocenters. The highest BCUT2D eigenvalue weighted by Gasteiger charge is 2.57. The minimum Gasteiger partial charge on any atom is -0.394 e. The van der Waals surface area contributed by atoms with E-state index in [1.54, 1.807) is 0 Å². The van der Waals surface area contributed by atoms with E-state index in [1.165, 1.54) is 0 Å². The van der Waals surface area contributed by atoms with Crippen molar-refractivity contribution in [3.8, 4) is 0 Å². The third kappa shape index (κ3) is 4.43. The van der Waals surface area contributed by atoms with Gasteiger partial charge in [-0.15, -0.1) is 0 Å². The highest BCUT2D eigenvalue weighted by molar-refractivity contribution is 5.20. The molecule has 0 aromatic carbocycles. The summed E-state index contributed by atoms with van der Waals surface area (Å²) in [6.07, 6.45) is -7.42. The summed E-state index contributed by atoms with van der Waals surface area (Å²) in [5.74, 6) is 1.35. The average molecular weight is 446 g/mol. The van der Waals surface area contributed by atoms with Gasteiger partial charge < -0.3 is 49.6 Å². The van der Waals surface area contributed by atoms with Crippen LogP contribution in [0.1, 0.15) is 26.7 Å². The van der Waals surface area contributed by atoms with Gasteiger partial charge >= 0.3 is 0 Å². The topological polar surface area (TPSA) is 158 Å². The molecule has 31 heavy (non-hydrogen) atoms. The van der Waals surface area contributed by atoms with Crippen molar-refractivity contribution in [1.82, 2.24) is 0 Å². The molecule has 2 heterocycles. The molecule has 0 amide bonds. The fourth-order valence-corrected chi connectivity index (χ4v) is 5.08. The zero-order valence-corrected chi connectivity index (χ0v) is 17.8. The Morgan fingerprint density at radius 3 is 2.13 bits per heavy atom. The van der Waals surface area contributed by atoms with Crippen molar-refractivity contribution in [2.24, 2.45) is 17.3 Å². The molecule has 2 aliphatic heterocycles. The zero-order valence-electron chi connectivity index (χ0n) is 17.8. The number of allylic oxidation sites excluding steroid dienone is 1. The highest BCUT2D eigenvalue weighted by atomic mass is 16.7. The van der Waals surface area contributed by atoms with Crippen LogP contribution in [0.4, 0.5) is 0 Å². The maximum absolute atomic E-state index is 10.3. The molecule has 0 radical (unpaired) electrons. The Hall–Kier alpha value is -0.660. The van der Waals surface area contributed by atoms with Crippen LogP contribution in [0.2, 0.25) is 0 Å². The number of aliphatic hydroxyl groups is 6. The first-order chi connectivity index (χ1) is 14.6. The van der Waals surface area contributed by atoms with E-state index in [-0.39, 0.29) is 13.2 Å². The Balaban J connectivity index is 1.30. The molecule has 11 atom stereocenters. The molecule has 0 bridgehead atoms. The zero-order chi connectivity index (χ0) is 22.5. The summed E-state index contributed by atoms with van der Waals surface area (Å²) in [4.78, 5) is 0. The van der Waals surface area contributed by atoms with E-state index < -0.39 is 61.9 Å². The van der Waals surface area contributed by atoms with E-state index in [4.69, 9.17) is 24.1 Å². The molecule has 2 saturated heterocycles. The standard InChI is InChI=1S/C21H34O10/c1-21(2)10-4-3-9(5-11(10)21)7-28-20-18(27)16(25)15(24)13(31-20)8-29-19-17(26)14(23)12(6-22)30-19/h3,10-20,22-27H,4-8H2,1-2H3/t10-,11?,12+,13-,14-,15-,16+,17+,18-,19+,20-/m1/s1. The number of hydrogen-bond acceptors (Lipinski definition) is 10. The molecule has 0 spiro atoms. The largest absolute Gasteiger partial charge is 0.394 e. The van der Waals surface area contributed by atoms with E-state index >= 15 is 0 Å². The van der Waals surface area contributed by atoms with Gasteiger partial charge in [0.15, 0.2) is 12.6 Å². The minimum atomic E-state index is -1.51. The predicted molar refractivity (Wildman–Crippen MR) is 104 cm³/mol. The Morgan fingerprint density at radius 1 is 0.871 bits per heavy atom. The van der Waals surface area contributed by atoms with Crippen molar-refractivity contribution < 1.29 is 49.6 Å². The number of ether oxygens (including phenoxy) is 4. The fourth-order valence-electron chi connectivity index (χ4n) is 5.08. The Kier molecular flexibility index (Phi) is 6.78. The molecule has 3 fully saturated rings. The maximum atomic E-state index is 10.3. The van der Waals surface area contributed by atoms with Crippen molar-refractivity contribution in [2.75, 3.05) is 19.8 Å². The van der Waals surface area contributed by atoms with Crippen LogP contribution >= 0.6 is 0 Å². The molecule has 178 valence electrons.